The smallest absolute Gasteiger partial charge is 0.744 e. The first-order valence-electron chi connectivity index (χ1n) is 4.91. The van der Waals surface area contributed by atoms with E-state index in [4.69, 9.17) is 0 Å². The van der Waals surface area contributed by atoms with Crippen LogP contribution in [0.4, 0.5) is 0 Å². The van der Waals surface area contributed by atoms with E-state index in [-0.39, 0.29) is 114 Å². The van der Waals surface area contributed by atoms with E-state index >= 15 is 0 Å². The minimum Gasteiger partial charge on any atom is -0.744 e. The Hall–Kier alpha value is 1.39. The number of aromatic hydroxyl groups is 2. The molecular formula is C10H6K2O8S2. The van der Waals surface area contributed by atoms with Crippen LogP contribution in [0.25, 0.3) is 10.8 Å². The van der Waals surface area contributed by atoms with Crippen molar-refractivity contribution in [3.8, 4) is 11.5 Å². The van der Waals surface area contributed by atoms with E-state index in [1.807, 2.05) is 0 Å². The Bertz CT molecular complexity index is 922. The van der Waals surface area contributed by atoms with Gasteiger partial charge in [-0.05, 0) is 18.2 Å². The normalized spacial score (nSPS) is 11.5. The third kappa shape index (κ3) is 5.19. The first-order valence-corrected chi connectivity index (χ1v) is 7.73. The van der Waals surface area contributed by atoms with Crippen LogP contribution in [0.5, 0.6) is 11.5 Å². The standard InChI is InChI=1S/C10H8O8S2.2K/c11-5-1-8-7(9(12)2-5)3-6(19(13,14)15)4-10(8)20(16,17)18;;/h1-4,11-12H,(H,13,14,15)(H,16,17,18);;/q;2*+1/p-2. The summed E-state index contributed by atoms with van der Waals surface area (Å²) in [6.07, 6.45) is 0. The molecule has 2 rings (SSSR count). The summed E-state index contributed by atoms with van der Waals surface area (Å²) in [5.74, 6) is -1.20. The molecule has 0 atom stereocenters. The van der Waals surface area contributed by atoms with Crippen LogP contribution in [0.1, 0.15) is 0 Å². The van der Waals surface area contributed by atoms with E-state index in [0.717, 1.165) is 18.2 Å². The van der Waals surface area contributed by atoms with Gasteiger partial charge in [-0.1, -0.05) is 0 Å². The fourth-order valence-corrected chi connectivity index (χ4v) is 3.03. The fourth-order valence-electron chi connectivity index (χ4n) is 1.72. The van der Waals surface area contributed by atoms with Gasteiger partial charge in [0.2, 0.25) is 0 Å². The molecule has 0 aliphatic rings. The van der Waals surface area contributed by atoms with Gasteiger partial charge in [-0.2, -0.15) is 0 Å². The molecule has 0 saturated heterocycles. The van der Waals surface area contributed by atoms with Crippen molar-refractivity contribution in [3.63, 3.8) is 0 Å². The summed E-state index contributed by atoms with van der Waals surface area (Å²) in [5, 5.41) is 18.1. The molecule has 0 fully saturated rings. The zero-order valence-electron chi connectivity index (χ0n) is 11.5. The Balaban J connectivity index is 0.00000220. The summed E-state index contributed by atoms with van der Waals surface area (Å²) in [6, 6.07) is 2.79. The first kappa shape index (κ1) is 23.4. The van der Waals surface area contributed by atoms with E-state index in [1.165, 1.54) is 0 Å². The largest absolute Gasteiger partial charge is 1.00 e. The van der Waals surface area contributed by atoms with E-state index in [0.29, 0.717) is 6.07 Å². The van der Waals surface area contributed by atoms with E-state index < -0.39 is 41.5 Å². The number of hydrogen-bond acceptors (Lipinski definition) is 8. The monoisotopic (exact) mass is 396 g/mol. The van der Waals surface area contributed by atoms with Crippen molar-refractivity contribution in [1.82, 2.24) is 0 Å². The third-order valence-corrected chi connectivity index (χ3v) is 4.22. The quantitative estimate of drug-likeness (QED) is 0.375. The predicted octanol–water partition coefficient (Wildman–Crippen LogP) is -5.93. The molecule has 2 N–H and O–H groups in total. The molecule has 108 valence electrons. The van der Waals surface area contributed by atoms with Crippen molar-refractivity contribution in [2.24, 2.45) is 0 Å². The van der Waals surface area contributed by atoms with Crippen LogP contribution in [-0.2, 0) is 20.2 Å². The van der Waals surface area contributed by atoms with Crippen molar-refractivity contribution in [1.29, 1.82) is 0 Å². The zero-order valence-corrected chi connectivity index (χ0v) is 19.3. The molecule has 0 aliphatic carbocycles. The van der Waals surface area contributed by atoms with Crippen molar-refractivity contribution < 1.29 is 139 Å². The van der Waals surface area contributed by atoms with Crippen LogP contribution in [-0.4, -0.2) is 36.2 Å². The van der Waals surface area contributed by atoms with Gasteiger partial charge in [-0.15, -0.1) is 0 Å². The first-order chi connectivity index (χ1) is 9.00. The molecule has 2 aromatic rings. The SMILES string of the molecule is O=S(=O)([O-])c1cc(S(=O)(=O)[O-])c2cc(O)cc(O)c2c1.[K+].[K+]. The summed E-state index contributed by atoms with van der Waals surface area (Å²) in [7, 11) is -10.2. The summed E-state index contributed by atoms with van der Waals surface area (Å²) >= 11 is 0. The maximum atomic E-state index is 11.1. The van der Waals surface area contributed by atoms with Gasteiger partial charge in [-0.25, -0.2) is 16.8 Å². The molecule has 0 aliphatic heterocycles. The molecule has 8 nitrogen and oxygen atoms in total. The van der Waals surface area contributed by atoms with Gasteiger partial charge in [0.05, 0.1) is 9.79 Å². The Kier molecular flexibility index (Phi) is 8.70. The fraction of sp³-hybridized carbons (Fsp3) is 0. The van der Waals surface area contributed by atoms with Gasteiger partial charge < -0.3 is 19.3 Å². The summed E-state index contributed by atoms with van der Waals surface area (Å²) in [4.78, 5) is -1.99. The van der Waals surface area contributed by atoms with Crippen molar-refractivity contribution in [3.05, 3.63) is 24.3 Å². The van der Waals surface area contributed by atoms with Crippen LogP contribution in [0.15, 0.2) is 34.1 Å². The summed E-state index contributed by atoms with van der Waals surface area (Å²) in [5.41, 5.74) is 0. The van der Waals surface area contributed by atoms with Crippen LogP contribution >= 0.6 is 0 Å². The molecular weight excluding hydrogens is 390 g/mol. The van der Waals surface area contributed by atoms with Crippen molar-refractivity contribution >= 4 is 31.0 Å². The second-order valence-corrected chi connectivity index (χ2v) is 6.62. The Morgan fingerprint density at radius 1 is 0.773 bits per heavy atom. The van der Waals surface area contributed by atoms with E-state index in [2.05, 4.69) is 0 Å². The van der Waals surface area contributed by atoms with Crippen LogP contribution < -0.4 is 103 Å². The topological polar surface area (TPSA) is 155 Å². The Morgan fingerprint density at radius 2 is 1.32 bits per heavy atom. The van der Waals surface area contributed by atoms with Gasteiger partial charge in [0.15, 0.2) is 0 Å². The number of rotatable bonds is 2. The van der Waals surface area contributed by atoms with Crippen molar-refractivity contribution in [2.75, 3.05) is 0 Å². The molecule has 0 spiro atoms. The van der Waals surface area contributed by atoms with Crippen LogP contribution in [0.2, 0.25) is 0 Å². The Morgan fingerprint density at radius 3 is 1.77 bits per heavy atom. The zero-order chi connectivity index (χ0) is 15.3. The minimum atomic E-state index is -5.12. The number of phenolic OH excluding ortho intramolecular Hbond substituents is 2. The average Bonchev–Trinajstić information content (AvgIpc) is 2.24. The molecule has 0 heterocycles. The van der Waals surface area contributed by atoms with Gasteiger partial charge in [0.1, 0.15) is 31.7 Å². The second-order valence-electron chi connectivity index (χ2n) is 3.89. The Labute approximate surface area is 211 Å². The van der Waals surface area contributed by atoms with Crippen molar-refractivity contribution in [2.45, 2.75) is 9.79 Å². The molecule has 22 heavy (non-hydrogen) atoms. The average molecular weight is 396 g/mol. The predicted molar refractivity (Wildman–Crippen MR) is 63.2 cm³/mol. The molecule has 0 aromatic heterocycles. The molecule has 0 amide bonds. The summed E-state index contributed by atoms with van der Waals surface area (Å²) in [6.45, 7) is 0. The maximum absolute atomic E-state index is 11.1. The maximum Gasteiger partial charge on any atom is 1.00 e. The number of benzene rings is 2. The molecule has 0 saturated carbocycles. The minimum absolute atomic E-state index is 0. The number of phenols is 2. The summed E-state index contributed by atoms with van der Waals surface area (Å²) < 4.78 is 66.3. The molecule has 0 radical (unpaired) electrons. The second kappa shape index (κ2) is 8.18. The number of fused-ring (bicyclic) bond motifs is 1. The van der Waals surface area contributed by atoms with E-state index in [1.54, 1.807) is 0 Å². The number of hydrogen-bond donors (Lipinski definition) is 2. The van der Waals surface area contributed by atoms with Gasteiger partial charge in [0.25, 0.3) is 0 Å². The molecule has 0 unspecified atom stereocenters. The van der Waals surface area contributed by atoms with Crippen LogP contribution in [0.3, 0.4) is 0 Å². The van der Waals surface area contributed by atoms with Crippen LogP contribution in [0, 0.1) is 0 Å². The van der Waals surface area contributed by atoms with Gasteiger partial charge in [0, 0.05) is 16.8 Å². The molecule has 0 bridgehead atoms. The molecule has 12 heteroatoms. The molecule has 2 aromatic carbocycles. The third-order valence-electron chi connectivity index (χ3n) is 2.53. The van der Waals surface area contributed by atoms with Gasteiger partial charge in [-0.3, -0.25) is 0 Å². The van der Waals surface area contributed by atoms with Gasteiger partial charge >= 0.3 is 103 Å². The van der Waals surface area contributed by atoms with E-state index in [9.17, 15) is 36.2 Å².